The third kappa shape index (κ3) is 8.10. The quantitative estimate of drug-likeness (QED) is 0.359. The molecule has 0 bridgehead atoms. The van der Waals surface area contributed by atoms with Gasteiger partial charge in [-0.2, -0.15) is 0 Å². The Morgan fingerprint density at radius 1 is 1.39 bits per heavy atom. The van der Waals surface area contributed by atoms with Crippen molar-refractivity contribution in [1.82, 2.24) is 20.5 Å². The van der Waals surface area contributed by atoms with E-state index >= 15 is 0 Å². The second-order valence-electron chi connectivity index (χ2n) is 7.90. The Labute approximate surface area is 189 Å². The molecule has 0 radical (unpaired) electrons. The van der Waals surface area contributed by atoms with Crippen LogP contribution in [0.3, 0.4) is 0 Å². The molecule has 28 heavy (non-hydrogen) atoms. The molecule has 1 amide bonds. The Morgan fingerprint density at radius 3 is 2.68 bits per heavy atom. The Balaban J connectivity index is 0.00000392. The highest BCUT2D eigenvalue weighted by Gasteiger charge is 2.28. The van der Waals surface area contributed by atoms with Crippen molar-refractivity contribution in [2.45, 2.75) is 65.5 Å². The summed E-state index contributed by atoms with van der Waals surface area (Å²) in [7, 11) is 1.77. The largest absolute Gasteiger partial charge is 0.444 e. The average Bonchev–Trinajstić information content (AvgIpc) is 2.90. The molecule has 0 saturated carbocycles. The molecule has 9 heteroatoms. The van der Waals surface area contributed by atoms with Gasteiger partial charge in [0.05, 0.1) is 10.7 Å². The van der Waals surface area contributed by atoms with E-state index in [1.165, 1.54) is 4.88 Å². The van der Waals surface area contributed by atoms with E-state index in [1.54, 1.807) is 23.3 Å². The average molecular weight is 523 g/mol. The van der Waals surface area contributed by atoms with E-state index in [0.29, 0.717) is 6.54 Å². The van der Waals surface area contributed by atoms with Crippen molar-refractivity contribution in [1.29, 1.82) is 0 Å². The SMILES string of the molecule is CN=C(NCCc1sc(C)nc1C)NC1CCCN(C(=O)OC(C)(C)C)C1.I. The normalized spacial score (nSPS) is 17.7. The summed E-state index contributed by atoms with van der Waals surface area (Å²) in [5.74, 6) is 0.768. The Kier molecular flexibility index (Phi) is 9.96. The van der Waals surface area contributed by atoms with Crippen LogP contribution in [0.5, 0.6) is 0 Å². The van der Waals surface area contributed by atoms with Gasteiger partial charge in [-0.3, -0.25) is 4.99 Å². The van der Waals surface area contributed by atoms with Crippen LogP contribution in [-0.2, 0) is 11.2 Å². The van der Waals surface area contributed by atoms with Gasteiger partial charge in [-0.05, 0) is 47.5 Å². The van der Waals surface area contributed by atoms with Crippen molar-refractivity contribution < 1.29 is 9.53 Å². The maximum absolute atomic E-state index is 12.3. The van der Waals surface area contributed by atoms with Crippen LogP contribution >= 0.6 is 35.3 Å². The van der Waals surface area contributed by atoms with Gasteiger partial charge in [0.2, 0.25) is 0 Å². The molecule has 0 aromatic carbocycles. The van der Waals surface area contributed by atoms with Crippen LogP contribution in [0.1, 0.15) is 49.2 Å². The number of aliphatic imine (C=N–C) groups is 1. The van der Waals surface area contributed by atoms with Crippen LogP contribution < -0.4 is 10.6 Å². The topological polar surface area (TPSA) is 78.9 Å². The molecular weight excluding hydrogens is 489 g/mol. The minimum atomic E-state index is -0.470. The zero-order chi connectivity index (χ0) is 20.0. The van der Waals surface area contributed by atoms with Gasteiger partial charge >= 0.3 is 6.09 Å². The molecule has 7 nitrogen and oxygen atoms in total. The summed E-state index contributed by atoms with van der Waals surface area (Å²) in [4.78, 5) is 24.2. The Morgan fingerprint density at radius 2 is 2.11 bits per heavy atom. The number of ether oxygens (including phenoxy) is 1. The van der Waals surface area contributed by atoms with Crippen LogP contribution in [0.15, 0.2) is 4.99 Å². The number of aromatic nitrogens is 1. The summed E-state index contributed by atoms with van der Waals surface area (Å²) >= 11 is 1.75. The molecule has 2 rings (SSSR count). The number of carbonyl (C=O) groups is 1. The van der Waals surface area contributed by atoms with Crippen LogP contribution in [0.2, 0.25) is 0 Å². The third-order valence-corrected chi connectivity index (χ3v) is 5.41. The minimum absolute atomic E-state index is 0. The number of halogens is 1. The number of hydrogen-bond donors (Lipinski definition) is 2. The fraction of sp³-hybridized carbons (Fsp3) is 0.737. The lowest BCUT2D eigenvalue weighted by atomic mass is 10.1. The van der Waals surface area contributed by atoms with Crippen LogP contribution in [-0.4, -0.2) is 60.3 Å². The molecular formula is C19H34IN5O2S. The zero-order valence-electron chi connectivity index (χ0n) is 17.8. The van der Waals surface area contributed by atoms with E-state index < -0.39 is 5.60 Å². The van der Waals surface area contributed by atoms with E-state index in [9.17, 15) is 4.79 Å². The standard InChI is InChI=1S/C19H33N5O2S.HI/c1-13-16(27-14(2)22-13)9-10-21-17(20-6)23-15-8-7-11-24(12-15)18(25)26-19(3,4)5;/h15H,7-12H2,1-6H3,(H2,20,21,23);1H. The molecule has 1 aliphatic heterocycles. The fourth-order valence-electron chi connectivity index (χ4n) is 3.08. The van der Waals surface area contributed by atoms with Crippen LogP contribution in [0, 0.1) is 13.8 Å². The van der Waals surface area contributed by atoms with Gasteiger partial charge in [0.15, 0.2) is 5.96 Å². The summed E-state index contributed by atoms with van der Waals surface area (Å²) in [5, 5.41) is 7.91. The number of hydrogen-bond acceptors (Lipinski definition) is 5. The molecule has 2 N–H and O–H groups in total. The number of amides is 1. The summed E-state index contributed by atoms with van der Waals surface area (Å²) in [6.45, 7) is 11.9. The van der Waals surface area contributed by atoms with Gasteiger partial charge in [0, 0.05) is 44.0 Å². The predicted molar refractivity (Wildman–Crippen MR) is 126 cm³/mol. The molecule has 1 unspecified atom stereocenters. The van der Waals surface area contributed by atoms with Crippen molar-refractivity contribution in [3.8, 4) is 0 Å². The van der Waals surface area contributed by atoms with E-state index in [4.69, 9.17) is 4.74 Å². The molecule has 2 heterocycles. The lowest BCUT2D eigenvalue weighted by molar-refractivity contribution is 0.0193. The number of thiazole rings is 1. The van der Waals surface area contributed by atoms with E-state index in [1.807, 2.05) is 27.7 Å². The number of nitrogens with zero attached hydrogens (tertiary/aromatic N) is 3. The first-order chi connectivity index (χ1) is 12.7. The van der Waals surface area contributed by atoms with Crippen molar-refractivity contribution >= 4 is 47.4 Å². The first-order valence-corrected chi connectivity index (χ1v) is 10.4. The van der Waals surface area contributed by atoms with E-state index in [0.717, 1.165) is 49.0 Å². The highest BCUT2D eigenvalue weighted by Crippen LogP contribution is 2.17. The van der Waals surface area contributed by atoms with Gasteiger partial charge < -0.3 is 20.3 Å². The van der Waals surface area contributed by atoms with E-state index in [-0.39, 0.29) is 36.1 Å². The highest BCUT2D eigenvalue weighted by atomic mass is 127. The second-order valence-corrected chi connectivity index (χ2v) is 9.19. The van der Waals surface area contributed by atoms with Gasteiger partial charge in [0.1, 0.15) is 5.60 Å². The molecule has 1 aliphatic rings. The van der Waals surface area contributed by atoms with Crippen molar-refractivity contribution in [3.63, 3.8) is 0 Å². The lowest BCUT2D eigenvalue weighted by Crippen LogP contribution is -2.53. The molecule has 1 atom stereocenters. The summed E-state index contributed by atoms with van der Waals surface area (Å²) in [5.41, 5.74) is 0.643. The van der Waals surface area contributed by atoms with Gasteiger partial charge in [-0.1, -0.05) is 0 Å². The van der Waals surface area contributed by atoms with Crippen LogP contribution in [0.4, 0.5) is 4.79 Å². The third-order valence-electron chi connectivity index (χ3n) is 4.28. The summed E-state index contributed by atoms with van der Waals surface area (Å²) in [6, 6.07) is 0.171. The number of piperidine rings is 1. The zero-order valence-corrected chi connectivity index (χ0v) is 20.9. The smallest absolute Gasteiger partial charge is 0.410 e. The molecule has 1 aromatic heterocycles. The second kappa shape index (κ2) is 11.2. The molecule has 160 valence electrons. The first kappa shape index (κ1) is 24.9. The maximum Gasteiger partial charge on any atom is 0.410 e. The monoisotopic (exact) mass is 523 g/mol. The van der Waals surface area contributed by atoms with Gasteiger partial charge in [0.25, 0.3) is 0 Å². The number of nitrogens with one attached hydrogen (secondary N) is 2. The predicted octanol–water partition coefficient (Wildman–Crippen LogP) is 3.48. The number of rotatable bonds is 4. The highest BCUT2D eigenvalue weighted by molar-refractivity contribution is 14.0. The maximum atomic E-state index is 12.3. The summed E-state index contributed by atoms with van der Waals surface area (Å²) in [6.07, 6.45) is 2.64. The first-order valence-electron chi connectivity index (χ1n) is 9.56. The van der Waals surface area contributed by atoms with Crippen LogP contribution in [0.25, 0.3) is 0 Å². The number of aryl methyl sites for hydroxylation is 2. The Hall–Kier alpha value is -1.10. The number of carbonyl (C=O) groups excluding carboxylic acids is 1. The van der Waals surface area contributed by atoms with Crippen molar-refractivity contribution in [3.05, 3.63) is 15.6 Å². The van der Waals surface area contributed by atoms with E-state index in [2.05, 4.69) is 27.5 Å². The number of likely N-dealkylation sites (tertiary alicyclic amines) is 1. The number of guanidine groups is 1. The van der Waals surface area contributed by atoms with Crippen molar-refractivity contribution in [2.24, 2.45) is 4.99 Å². The lowest BCUT2D eigenvalue weighted by Gasteiger charge is -2.35. The molecule has 1 fully saturated rings. The molecule has 1 saturated heterocycles. The van der Waals surface area contributed by atoms with Crippen molar-refractivity contribution in [2.75, 3.05) is 26.7 Å². The van der Waals surface area contributed by atoms with Gasteiger partial charge in [-0.15, -0.1) is 35.3 Å². The molecule has 0 spiro atoms. The summed E-state index contributed by atoms with van der Waals surface area (Å²) < 4.78 is 5.49. The van der Waals surface area contributed by atoms with Gasteiger partial charge in [-0.25, -0.2) is 9.78 Å². The molecule has 1 aromatic rings. The molecule has 0 aliphatic carbocycles. The minimum Gasteiger partial charge on any atom is -0.444 e. The fourth-order valence-corrected chi connectivity index (χ4v) is 4.01. The Bertz CT molecular complexity index is 672.